The van der Waals surface area contributed by atoms with Crippen molar-refractivity contribution in [1.29, 1.82) is 0 Å². The number of pyridine rings is 1. The third-order valence-electron chi connectivity index (χ3n) is 3.19. The molecule has 0 radical (unpaired) electrons. The van der Waals surface area contributed by atoms with Crippen molar-refractivity contribution in [3.05, 3.63) is 58.4 Å². The summed E-state index contributed by atoms with van der Waals surface area (Å²) in [4.78, 5) is 17.9. The van der Waals surface area contributed by atoms with Gasteiger partial charge in [-0.3, -0.25) is 9.78 Å². The van der Waals surface area contributed by atoms with Gasteiger partial charge in [0.2, 0.25) is 0 Å². The van der Waals surface area contributed by atoms with Gasteiger partial charge in [-0.15, -0.1) is 0 Å². The third kappa shape index (κ3) is 3.52. The number of ether oxygens (including phenoxy) is 1. The Kier molecular flexibility index (Phi) is 4.81. The molecule has 0 bridgehead atoms. The van der Waals surface area contributed by atoms with E-state index >= 15 is 0 Å². The standard InChI is InChI=1S/C16H17ClN2O2/c1-11-4-5-15(21-3)12(8-11)10-19(2)16(20)13-6-7-18-9-14(13)17/h4-9H,10H2,1-3H3. The van der Waals surface area contributed by atoms with Gasteiger partial charge in [-0.25, -0.2) is 0 Å². The van der Waals surface area contributed by atoms with Crippen molar-refractivity contribution < 1.29 is 9.53 Å². The lowest BCUT2D eigenvalue weighted by molar-refractivity contribution is 0.0784. The summed E-state index contributed by atoms with van der Waals surface area (Å²) < 4.78 is 5.34. The topological polar surface area (TPSA) is 42.4 Å². The van der Waals surface area contributed by atoms with Crippen LogP contribution in [0.2, 0.25) is 5.02 Å². The van der Waals surface area contributed by atoms with Crippen LogP contribution >= 0.6 is 11.6 Å². The Morgan fingerprint density at radius 3 is 2.81 bits per heavy atom. The Bertz CT molecular complexity index is 658. The molecule has 1 aromatic carbocycles. The number of aryl methyl sites for hydroxylation is 1. The lowest BCUT2D eigenvalue weighted by Crippen LogP contribution is -2.26. The van der Waals surface area contributed by atoms with Crippen molar-refractivity contribution in [3.8, 4) is 5.75 Å². The van der Waals surface area contributed by atoms with Gasteiger partial charge in [0.05, 0.1) is 17.7 Å². The minimum Gasteiger partial charge on any atom is -0.496 e. The SMILES string of the molecule is COc1ccc(C)cc1CN(C)C(=O)c1ccncc1Cl. The van der Waals surface area contributed by atoms with E-state index in [-0.39, 0.29) is 5.91 Å². The Morgan fingerprint density at radius 2 is 2.14 bits per heavy atom. The Hall–Kier alpha value is -2.07. The zero-order valence-electron chi connectivity index (χ0n) is 12.3. The van der Waals surface area contributed by atoms with Crippen LogP contribution in [0.4, 0.5) is 0 Å². The average molecular weight is 305 g/mol. The van der Waals surface area contributed by atoms with Gasteiger partial charge in [0.25, 0.3) is 5.91 Å². The van der Waals surface area contributed by atoms with Gasteiger partial charge >= 0.3 is 0 Å². The van der Waals surface area contributed by atoms with Gasteiger partial charge in [-0.1, -0.05) is 29.3 Å². The molecule has 1 heterocycles. The predicted octanol–water partition coefficient (Wildman–Crippen LogP) is 3.32. The summed E-state index contributed by atoms with van der Waals surface area (Å²) in [6.45, 7) is 2.45. The Balaban J connectivity index is 2.22. The number of rotatable bonds is 4. The van der Waals surface area contributed by atoms with Crippen molar-refractivity contribution >= 4 is 17.5 Å². The maximum atomic E-state index is 12.4. The van der Waals surface area contributed by atoms with E-state index in [1.807, 2.05) is 25.1 Å². The summed E-state index contributed by atoms with van der Waals surface area (Å²) in [6.07, 6.45) is 3.02. The normalized spacial score (nSPS) is 10.3. The van der Waals surface area contributed by atoms with Crippen LogP contribution in [0.15, 0.2) is 36.7 Å². The van der Waals surface area contributed by atoms with Crippen LogP contribution in [0, 0.1) is 6.92 Å². The largest absolute Gasteiger partial charge is 0.496 e. The number of amides is 1. The van der Waals surface area contributed by atoms with Gasteiger partial charge in [-0.2, -0.15) is 0 Å². The fraction of sp³-hybridized carbons (Fsp3) is 0.250. The number of aromatic nitrogens is 1. The number of nitrogens with zero attached hydrogens (tertiary/aromatic N) is 2. The first kappa shape index (κ1) is 15.3. The van der Waals surface area contributed by atoms with Gasteiger partial charge in [0.15, 0.2) is 0 Å². The molecule has 4 nitrogen and oxygen atoms in total. The van der Waals surface area contributed by atoms with Crippen molar-refractivity contribution in [2.45, 2.75) is 13.5 Å². The summed E-state index contributed by atoms with van der Waals surface area (Å²) in [6, 6.07) is 7.51. The van der Waals surface area contributed by atoms with Gasteiger partial charge in [0.1, 0.15) is 5.75 Å². The number of methoxy groups -OCH3 is 1. The molecule has 0 spiro atoms. The fourth-order valence-electron chi connectivity index (χ4n) is 2.11. The highest BCUT2D eigenvalue weighted by molar-refractivity contribution is 6.33. The Labute approximate surface area is 129 Å². The maximum absolute atomic E-state index is 12.4. The fourth-order valence-corrected chi connectivity index (χ4v) is 2.31. The molecule has 0 aliphatic heterocycles. The van der Waals surface area contributed by atoms with Crippen molar-refractivity contribution in [3.63, 3.8) is 0 Å². The number of carbonyl (C=O) groups is 1. The highest BCUT2D eigenvalue weighted by Crippen LogP contribution is 2.22. The number of benzene rings is 1. The molecule has 0 N–H and O–H groups in total. The van der Waals surface area contributed by atoms with Gasteiger partial charge in [0, 0.05) is 31.5 Å². The number of halogens is 1. The summed E-state index contributed by atoms with van der Waals surface area (Å²) in [5.74, 6) is 0.618. The van der Waals surface area contributed by atoms with E-state index in [2.05, 4.69) is 4.98 Å². The van der Waals surface area contributed by atoms with E-state index < -0.39 is 0 Å². The molecule has 0 unspecified atom stereocenters. The highest BCUT2D eigenvalue weighted by atomic mass is 35.5. The summed E-state index contributed by atoms with van der Waals surface area (Å²) in [5.41, 5.74) is 2.52. The second-order valence-electron chi connectivity index (χ2n) is 4.83. The van der Waals surface area contributed by atoms with Crippen molar-refractivity contribution in [2.24, 2.45) is 0 Å². The molecule has 1 amide bonds. The van der Waals surface area contributed by atoms with E-state index in [1.54, 1.807) is 31.3 Å². The van der Waals surface area contributed by atoms with E-state index in [9.17, 15) is 4.79 Å². The van der Waals surface area contributed by atoms with Crippen LogP contribution in [-0.4, -0.2) is 29.9 Å². The van der Waals surface area contributed by atoms with Crippen LogP contribution in [-0.2, 0) is 6.54 Å². The molecule has 2 aromatic rings. The molecule has 0 saturated heterocycles. The van der Waals surface area contributed by atoms with Crippen LogP contribution in [0.25, 0.3) is 0 Å². The van der Waals surface area contributed by atoms with Crippen molar-refractivity contribution in [2.75, 3.05) is 14.2 Å². The second kappa shape index (κ2) is 6.59. The van der Waals surface area contributed by atoms with E-state index in [4.69, 9.17) is 16.3 Å². The molecule has 0 aliphatic rings. The first-order chi connectivity index (χ1) is 10.0. The lowest BCUT2D eigenvalue weighted by atomic mass is 10.1. The highest BCUT2D eigenvalue weighted by Gasteiger charge is 2.16. The molecule has 0 atom stereocenters. The molecule has 5 heteroatoms. The summed E-state index contributed by atoms with van der Waals surface area (Å²) >= 11 is 6.02. The summed E-state index contributed by atoms with van der Waals surface area (Å²) in [7, 11) is 3.36. The average Bonchev–Trinajstić information content (AvgIpc) is 2.47. The van der Waals surface area contributed by atoms with E-state index in [0.29, 0.717) is 17.1 Å². The number of hydrogen-bond donors (Lipinski definition) is 0. The molecule has 110 valence electrons. The first-order valence-corrected chi connectivity index (χ1v) is 6.89. The number of hydrogen-bond acceptors (Lipinski definition) is 3. The van der Waals surface area contributed by atoms with E-state index in [0.717, 1.165) is 16.9 Å². The maximum Gasteiger partial charge on any atom is 0.255 e. The van der Waals surface area contributed by atoms with Crippen molar-refractivity contribution in [1.82, 2.24) is 9.88 Å². The molecular weight excluding hydrogens is 288 g/mol. The Morgan fingerprint density at radius 1 is 1.38 bits per heavy atom. The minimum absolute atomic E-state index is 0.147. The summed E-state index contributed by atoms with van der Waals surface area (Å²) in [5, 5.41) is 0.352. The van der Waals surface area contributed by atoms with Crippen LogP contribution in [0.5, 0.6) is 5.75 Å². The monoisotopic (exact) mass is 304 g/mol. The minimum atomic E-state index is -0.147. The smallest absolute Gasteiger partial charge is 0.255 e. The van der Waals surface area contributed by atoms with Crippen LogP contribution < -0.4 is 4.74 Å². The second-order valence-corrected chi connectivity index (χ2v) is 5.24. The molecule has 2 rings (SSSR count). The third-order valence-corrected chi connectivity index (χ3v) is 3.49. The first-order valence-electron chi connectivity index (χ1n) is 6.51. The molecule has 1 aromatic heterocycles. The molecular formula is C16H17ClN2O2. The molecule has 21 heavy (non-hydrogen) atoms. The number of carbonyl (C=O) groups excluding carboxylic acids is 1. The van der Waals surface area contributed by atoms with Crippen LogP contribution in [0.1, 0.15) is 21.5 Å². The quantitative estimate of drug-likeness (QED) is 0.870. The van der Waals surface area contributed by atoms with Gasteiger partial charge < -0.3 is 9.64 Å². The zero-order chi connectivity index (χ0) is 15.4. The zero-order valence-corrected chi connectivity index (χ0v) is 13.0. The molecule has 0 saturated carbocycles. The lowest BCUT2D eigenvalue weighted by Gasteiger charge is -2.19. The van der Waals surface area contributed by atoms with E-state index in [1.165, 1.54) is 6.20 Å². The van der Waals surface area contributed by atoms with Crippen LogP contribution in [0.3, 0.4) is 0 Å². The molecule has 0 fully saturated rings. The predicted molar refractivity (Wildman–Crippen MR) is 82.8 cm³/mol. The van der Waals surface area contributed by atoms with Gasteiger partial charge in [-0.05, 0) is 19.1 Å². The molecule has 0 aliphatic carbocycles.